The summed E-state index contributed by atoms with van der Waals surface area (Å²) in [6.45, 7) is 3.38. The minimum absolute atomic E-state index is 0.263. The number of anilines is 1. The number of halogens is 1. The van der Waals surface area contributed by atoms with Crippen molar-refractivity contribution in [2.75, 3.05) is 5.32 Å². The Kier molecular flexibility index (Phi) is 4.65. The third kappa shape index (κ3) is 3.74. The van der Waals surface area contributed by atoms with Crippen molar-refractivity contribution in [1.82, 2.24) is 20.2 Å². The largest absolute Gasteiger partial charge is 0.459 e. The molecular formula is C16H18FN5O. The summed E-state index contributed by atoms with van der Waals surface area (Å²) in [5, 5.41) is 14.8. The Balaban J connectivity index is 1.63. The number of aryl methyl sites for hydroxylation is 1. The lowest BCUT2D eigenvalue weighted by Crippen LogP contribution is -2.08. The van der Waals surface area contributed by atoms with Crippen molar-refractivity contribution in [3.63, 3.8) is 0 Å². The zero-order chi connectivity index (χ0) is 16.1. The van der Waals surface area contributed by atoms with E-state index in [4.69, 9.17) is 4.42 Å². The first-order valence-corrected chi connectivity index (χ1v) is 7.61. The van der Waals surface area contributed by atoms with Crippen molar-refractivity contribution in [3.05, 3.63) is 48.0 Å². The van der Waals surface area contributed by atoms with E-state index < -0.39 is 0 Å². The van der Waals surface area contributed by atoms with Gasteiger partial charge in [0.15, 0.2) is 0 Å². The Morgan fingerprint density at radius 3 is 2.78 bits per heavy atom. The zero-order valence-corrected chi connectivity index (χ0v) is 12.9. The average Bonchev–Trinajstić information content (AvgIpc) is 3.21. The van der Waals surface area contributed by atoms with Crippen LogP contribution in [0.4, 0.5) is 10.3 Å². The fourth-order valence-electron chi connectivity index (χ4n) is 2.20. The number of nitrogens with one attached hydrogen (secondary N) is 1. The first-order valence-electron chi connectivity index (χ1n) is 7.61. The fourth-order valence-corrected chi connectivity index (χ4v) is 2.20. The van der Waals surface area contributed by atoms with E-state index in [0.717, 1.165) is 30.7 Å². The van der Waals surface area contributed by atoms with Gasteiger partial charge in [-0.3, -0.25) is 0 Å². The topological polar surface area (TPSA) is 68.8 Å². The van der Waals surface area contributed by atoms with Gasteiger partial charge in [-0.15, -0.1) is 0 Å². The van der Waals surface area contributed by atoms with E-state index in [1.165, 1.54) is 12.1 Å². The molecule has 3 rings (SSSR count). The lowest BCUT2D eigenvalue weighted by Gasteiger charge is -2.05. The monoisotopic (exact) mass is 315 g/mol. The number of nitrogens with zero attached hydrogens (tertiary/aromatic N) is 4. The van der Waals surface area contributed by atoms with Crippen LogP contribution in [-0.2, 0) is 13.1 Å². The number of unbranched alkanes of at least 4 members (excludes halogenated alkanes) is 1. The second-order valence-corrected chi connectivity index (χ2v) is 5.21. The summed E-state index contributed by atoms with van der Waals surface area (Å²) < 4.78 is 20.5. The Labute approximate surface area is 133 Å². The molecule has 2 heterocycles. The van der Waals surface area contributed by atoms with Crippen LogP contribution in [0.15, 0.2) is 40.8 Å². The van der Waals surface area contributed by atoms with Gasteiger partial charge in [-0.25, -0.2) is 9.07 Å². The van der Waals surface area contributed by atoms with Crippen LogP contribution in [0.5, 0.6) is 0 Å². The summed E-state index contributed by atoms with van der Waals surface area (Å²) >= 11 is 0. The van der Waals surface area contributed by atoms with Crippen molar-refractivity contribution in [3.8, 4) is 11.3 Å². The molecule has 0 fully saturated rings. The van der Waals surface area contributed by atoms with Crippen molar-refractivity contribution >= 4 is 5.95 Å². The van der Waals surface area contributed by atoms with Gasteiger partial charge in [0.1, 0.15) is 17.3 Å². The van der Waals surface area contributed by atoms with Crippen molar-refractivity contribution in [1.29, 1.82) is 0 Å². The normalized spacial score (nSPS) is 10.9. The van der Waals surface area contributed by atoms with Crippen LogP contribution in [0.1, 0.15) is 25.5 Å². The fraction of sp³-hybridized carbons (Fsp3) is 0.312. The SMILES string of the molecule is CCCCn1nnnc1NCc1ccc(-c2ccc(F)cc2)o1. The molecule has 0 amide bonds. The highest BCUT2D eigenvalue weighted by atomic mass is 19.1. The zero-order valence-electron chi connectivity index (χ0n) is 12.9. The van der Waals surface area contributed by atoms with Gasteiger partial charge in [-0.05, 0) is 53.2 Å². The summed E-state index contributed by atoms with van der Waals surface area (Å²) in [4.78, 5) is 0. The van der Waals surface area contributed by atoms with E-state index in [9.17, 15) is 4.39 Å². The third-order valence-corrected chi connectivity index (χ3v) is 3.47. The number of benzene rings is 1. The molecule has 0 aliphatic carbocycles. The number of hydrogen-bond acceptors (Lipinski definition) is 5. The van der Waals surface area contributed by atoms with E-state index in [1.54, 1.807) is 16.8 Å². The Morgan fingerprint density at radius 1 is 1.17 bits per heavy atom. The lowest BCUT2D eigenvalue weighted by atomic mass is 10.2. The molecular weight excluding hydrogens is 297 g/mol. The number of tetrazole rings is 1. The summed E-state index contributed by atoms with van der Waals surface area (Å²) in [5.74, 6) is 1.82. The molecule has 7 heteroatoms. The first-order chi connectivity index (χ1) is 11.3. The first kappa shape index (κ1) is 15.2. The van der Waals surface area contributed by atoms with Crippen molar-refractivity contribution in [2.24, 2.45) is 0 Å². The molecule has 1 N–H and O–H groups in total. The van der Waals surface area contributed by atoms with Gasteiger partial charge in [0.2, 0.25) is 5.95 Å². The quantitative estimate of drug-likeness (QED) is 0.723. The van der Waals surface area contributed by atoms with Crippen LogP contribution in [0.3, 0.4) is 0 Å². The third-order valence-electron chi connectivity index (χ3n) is 3.47. The molecule has 0 saturated heterocycles. The lowest BCUT2D eigenvalue weighted by molar-refractivity contribution is 0.526. The highest BCUT2D eigenvalue weighted by Crippen LogP contribution is 2.22. The van der Waals surface area contributed by atoms with E-state index in [1.807, 2.05) is 12.1 Å². The molecule has 0 aliphatic heterocycles. The van der Waals surface area contributed by atoms with Crippen LogP contribution in [0.2, 0.25) is 0 Å². The van der Waals surface area contributed by atoms with Gasteiger partial charge in [0.25, 0.3) is 0 Å². The number of rotatable bonds is 7. The molecule has 0 atom stereocenters. The van der Waals surface area contributed by atoms with E-state index in [2.05, 4.69) is 27.8 Å². The van der Waals surface area contributed by atoms with Gasteiger partial charge >= 0.3 is 0 Å². The maximum Gasteiger partial charge on any atom is 0.243 e. The van der Waals surface area contributed by atoms with Gasteiger partial charge < -0.3 is 9.73 Å². The van der Waals surface area contributed by atoms with Gasteiger partial charge in [0, 0.05) is 12.1 Å². The van der Waals surface area contributed by atoms with Gasteiger partial charge in [0.05, 0.1) is 6.54 Å². The highest BCUT2D eigenvalue weighted by Gasteiger charge is 2.08. The Morgan fingerprint density at radius 2 is 2.00 bits per heavy atom. The van der Waals surface area contributed by atoms with E-state index >= 15 is 0 Å². The summed E-state index contributed by atoms with van der Waals surface area (Å²) in [5.41, 5.74) is 0.838. The van der Waals surface area contributed by atoms with Crippen LogP contribution >= 0.6 is 0 Å². The molecule has 0 radical (unpaired) electrons. The maximum atomic E-state index is 13.0. The van der Waals surface area contributed by atoms with Crippen LogP contribution in [-0.4, -0.2) is 20.2 Å². The van der Waals surface area contributed by atoms with E-state index in [-0.39, 0.29) is 5.82 Å². The molecule has 1 aromatic carbocycles. The molecule has 3 aromatic rings. The standard InChI is InChI=1S/C16H18FN5O/c1-2-3-10-22-16(19-20-21-22)18-11-14-8-9-15(23-14)12-4-6-13(17)7-5-12/h4-9H,2-3,10-11H2,1H3,(H,18,19,21). The summed E-state index contributed by atoms with van der Waals surface area (Å²) in [6, 6.07) is 9.96. The van der Waals surface area contributed by atoms with Crippen molar-refractivity contribution < 1.29 is 8.81 Å². The minimum atomic E-state index is -0.263. The molecule has 2 aromatic heterocycles. The van der Waals surface area contributed by atoms with Crippen LogP contribution < -0.4 is 5.32 Å². The molecule has 6 nitrogen and oxygen atoms in total. The summed E-state index contributed by atoms with van der Waals surface area (Å²) in [6.07, 6.45) is 2.10. The number of furan rings is 1. The Bertz CT molecular complexity index is 750. The van der Waals surface area contributed by atoms with Gasteiger partial charge in [-0.2, -0.15) is 0 Å². The summed E-state index contributed by atoms with van der Waals surface area (Å²) in [7, 11) is 0. The minimum Gasteiger partial charge on any atom is -0.459 e. The smallest absolute Gasteiger partial charge is 0.243 e. The van der Waals surface area contributed by atoms with Crippen LogP contribution in [0.25, 0.3) is 11.3 Å². The Hall–Kier alpha value is -2.70. The molecule has 0 unspecified atom stereocenters. The van der Waals surface area contributed by atoms with Crippen LogP contribution in [0, 0.1) is 5.82 Å². The molecule has 0 saturated carbocycles. The van der Waals surface area contributed by atoms with Gasteiger partial charge in [-0.1, -0.05) is 18.4 Å². The molecule has 23 heavy (non-hydrogen) atoms. The van der Waals surface area contributed by atoms with Crippen molar-refractivity contribution in [2.45, 2.75) is 32.9 Å². The molecule has 120 valence electrons. The number of aromatic nitrogens is 4. The average molecular weight is 315 g/mol. The molecule has 0 aliphatic rings. The van der Waals surface area contributed by atoms with E-state index in [0.29, 0.717) is 18.3 Å². The molecule has 0 bridgehead atoms. The number of hydrogen-bond donors (Lipinski definition) is 1. The molecule has 0 spiro atoms. The second-order valence-electron chi connectivity index (χ2n) is 5.21. The highest BCUT2D eigenvalue weighted by molar-refractivity contribution is 5.57. The predicted octanol–water partition coefficient (Wildman–Crippen LogP) is 3.48. The predicted molar refractivity (Wildman–Crippen MR) is 84.2 cm³/mol. The second kappa shape index (κ2) is 7.04. The maximum absolute atomic E-state index is 13.0.